The van der Waals surface area contributed by atoms with Gasteiger partial charge in [-0.25, -0.2) is 9.82 Å². The van der Waals surface area contributed by atoms with Crippen molar-refractivity contribution in [1.82, 2.24) is 5.43 Å². The topological polar surface area (TPSA) is 100.0 Å². The zero-order chi connectivity index (χ0) is 22.8. The number of hydrogen-bond donors (Lipinski definition) is 1. The van der Waals surface area contributed by atoms with Gasteiger partial charge in [-0.1, -0.05) is 30.3 Å². The third-order valence-electron chi connectivity index (χ3n) is 5.06. The van der Waals surface area contributed by atoms with Gasteiger partial charge in [-0.15, -0.1) is 0 Å². The zero-order valence-corrected chi connectivity index (χ0v) is 18.9. The van der Waals surface area contributed by atoms with Crippen molar-refractivity contribution in [3.63, 3.8) is 0 Å². The molecule has 11 heteroatoms. The Morgan fingerprint density at radius 3 is 2.62 bits per heavy atom. The second-order valence-corrected chi connectivity index (χ2v) is 7.66. The van der Waals surface area contributed by atoms with Gasteiger partial charge in [0.25, 0.3) is 5.91 Å². The normalized spacial score (nSPS) is 19.0. The van der Waals surface area contributed by atoms with E-state index in [1.165, 1.54) is 32.6 Å². The van der Waals surface area contributed by atoms with Crippen LogP contribution in [0.1, 0.15) is 24.2 Å². The molecule has 9 nitrogen and oxygen atoms in total. The van der Waals surface area contributed by atoms with Crippen molar-refractivity contribution in [1.29, 1.82) is 0 Å². The Balaban J connectivity index is 1.56. The molecule has 2 aliphatic rings. The number of oxime groups is 1. The lowest BCUT2D eigenvalue weighted by Crippen LogP contribution is -2.31. The van der Waals surface area contributed by atoms with E-state index in [0.717, 1.165) is 0 Å². The quantitative estimate of drug-likeness (QED) is 0.474. The van der Waals surface area contributed by atoms with E-state index in [1.54, 1.807) is 19.1 Å². The number of nitrogens with zero attached hydrogens (tertiary/aromatic N) is 2. The average molecular weight is 508 g/mol. The summed E-state index contributed by atoms with van der Waals surface area (Å²) < 4.78 is 36.3. The highest BCUT2D eigenvalue weighted by molar-refractivity contribution is 9.10. The molecule has 2 aromatic rings. The molecule has 0 aliphatic carbocycles. The van der Waals surface area contributed by atoms with Crippen molar-refractivity contribution in [2.75, 3.05) is 21.0 Å². The SMILES string of the molecule is COc1c(Br)c([C@@H]2ON=C(C(=O)N/N=C\c3ccccc3F)[C@@H]2C)c(OC)c2c1OCO2. The predicted octanol–water partition coefficient (Wildman–Crippen LogP) is 3.55. The number of carbonyl (C=O) groups excluding carboxylic acids is 1. The summed E-state index contributed by atoms with van der Waals surface area (Å²) in [4.78, 5) is 18.2. The number of hydrogen-bond acceptors (Lipinski definition) is 8. The van der Waals surface area contributed by atoms with Crippen molar-refractivity contribution in [2.24, 2.45) is 16.2 Å². The van der Waals surface area contributed by atoms with E-state index in [2.05, 4.69) is 31.6 Å². The maximum atomic E-state index is 13.7. The average Bonchev–Trinajstić information content (AvgIpc) is 3.41. The number of nitrogens with one attached hydrogen (secondary N) is 1. The van der Waals surface area contributed by atoms with Gasteiger partial charge in [-0.2, -0.15) is 5.10 Å². The molecule has 0 unspecified atom stereocenters. The second-order valence-electron chi connectivity index (χ2n) is 6.87. The van der Waals surface area contributed by atoms with Gasteiger partial charge in [0.1, 0.15) is 5.82 Å². The van der Waals surface area contributed by atoms with E-state index < -0.39 is 23.7 Å². The van der Waals surface area contributed by atoms with Crippen molar-refractivity contribution in [2.45, 2.75) is 13.0 Å². The molecular formula is C21H19BrFN3O6. The van der Waals surface area contributed by atoms with Gasteiger partial charge < -0.3 is 23.8 Å². The molecule has 2 atom stereocenters. The molecular weight excluding hydrogens is 489 g/mol. The van der Waals surface area contributed by atoms with Crippen LogP contribution >= 0.6 is 15.9 Å². The Labute approximate surface area is 191 Å². The van der Waals surface area contributed by atoms with E-state index in [9.17, 15) is 9.18 Å². The van der Waals surface area contributed by atoms with Crippen LogP contribution in [0.3, 0.4) is 0 Å². The van der Waals surface area contributed by atoms with Crippen molar-refractivity contribution < 1.29 is 33.0 Å². The summed E-state index contributed by atoms with van der Waals surface area (Å²) in [5.41, 5.74) is 3.27. The number of amides is 1. The Morgan fingerprint density at radius 1 is 1.25 bits per heavy atom. The standard InChI is InChI=1S/C21H19BrFN3O6/c1-10-15(21(27)25-24-8-11-6-4-5-7-12(11)23)26-32-16(10)13-14(22)18(29-3)20-19(17(13)28-2)30-9-31-20/h4-8,10,16H,9H2,1-3H3,(H,25,27)/b24-8-/t10-,16+/m0/s1. The summed E-state index contributed by atoms with van der Waals surface area (Å²) in [5, 5.41) is 7.76. The molecule has 0 saturated heterocycles. The smallest absolute Gasteiger partial charge is 0.289 e. The Bertz CT molecular complexity index is 1120. The van der Waals surface area contributed by atoms with Crippen LogP contribution in [0.4, 0.5) is 4.39 Å². The minimum atomic E-state index is -0.681. The van der Waals surface area contributed by atoms with E-state index in [0.29, 0.717) is 33.0 Å². The minimum absolute atomic E-state index is 0.0171. The summed E-state index contributed by atoms with van der Waals surface area (Å²) in [6, 6.07) is 6.07. The van der Waals surface area contributed by atoms with Gasteiger partial charge in [-0.3, -0.25) is 4.79 Å². The second kappa shape index (κ2) is 9.03. The van der Waals surface area contributed by atoms with Crippen LogP contribution in [-0.2, 0) is 9.63 Å². The van der Waals surface area contributed by atoms with Crippen LogP contribution in [0.25, 0.3) is 0 Å². The molecule has 2 aliphatic heterocycles. The lowest BCUT2D eigenvalue weighted by molar-refractivity contribution is -0.115. The highest BCUT2D eigenvalue weighted by atomic mass is 79.9. The zero-order valence-electron chi connectivity index (χ0n) is 17.3. The van der Waals surface area contributed by atoms with E-state index in [-0.39, 0.29) is 18.1 Å². The fourth-order valence-electron chi connectivity index (χ4n) is 3.48. The number of halogens is 2. The van der Waals surface area contributed by atoms with Gasteiger partial charge in [0.05, 0.1) is 36.4 Å². The fourth-order valence-corrected chi connectivity index (χ4v) is 4.23. The van der Waals surface area contributed by atoms with Gasteiger partial charge in [0.2, 0.25) is 18.3 Å². The Hall–Kier alpha value is -3.34. The first-order valence-electron chi connectivity index (χ1n) is 9.52. The first-order chi connectivity index (χ1) is 15.5. The van der Waals surface area contributed by atoms with Crippen LogP contribution in [0.2, 0.25) is 0 Å². The lowest BCUT2D eigenvalue weighted by atomic mass is 9.92. The molecule has 0 saturated carbocycles. The first-order valence-corrected chi connectivity index (χ1v) is 10.3. The third-order valence-corrected chi connectivity index (χ3v) is 5.84. The fraction of sp³-hybridized carbons (Fsp3) is 0.286. The number of rotatable bonds is 6. The molecule has 2 aromatic carbocycles. The van der Waals surface area contributed by atoms with E-state index >= 15 is 0 Å². The van der Waals surface area contributed by atoms with E-state index in [1.807, 2.05) is 0 Å². The highest BCUT2D eigenvalue weighted by Gasteiger charge is 2.42. The molecule has 0 spiro atoms. The molecule has 168 valence electrons. The van der Waals surface area contributed by atoms with Crippen molar-refractivity contribution >= 4 is 33.8 Å². The van der Waals surface area contributed by atoms with Crippen LogP contribution in [0.5, 0.6) is 23.0 Å². The van der Waals surface area contributed by atoms with Gasteiger partial charge in [-0.05, 0) is 22.0 Å². The molecule has 0 aromatic heterocycles. The first kappa shape index (κ1) is 21.9. The summed E-state index contributed by atoms with van der Waals surface area (Å²) in [5.74, 6) is 0.0872. The van der Waals surface area contributed by atoms with E-state index in [4.69, 9.17) is 23.8 Å². The molecule has 1 N–H and O–H groups in total. The summed E-state index contributed by atoms with van der Waals surface area (Å²) in [6.07, 6.45) is 0.535. The number of hydrazone groups is 1. The molecule has 4 rings (SSSR count). The molecule has 0 fully saturated rings. The number of benzene rings is 2. The number of carbonyl (C=O) groups is 1. The molecule has 0 radical (unpaired) electrons. The van der Waals surface area contributed by atoms with Crippen LogP contribution < -0.4 is 24.4 Å². The summed E-state index contributed by atoms with van der Waals surface area (Å²) in [6.45, 7) is 1.79. The summed E-state index contributed by atoms with van der Waals surface area (Å²) >= 11 is 3.52. The molecule has 1 amide bonds. The number of ether oxygens (including phenoxy) is 4. The van der Waals surface area contributed by atoms with Crippen LogP contribution in [0, 0.1) is 11.7 Å². The molecule has 2 heterocycles. The van der Waals surface area contributed by atoms with Crippen LogP contribution in [0.15, 0.2) is 39.0 Å². The van der Waals surface area contributed by atoms with Gasteiger partial charge >= 0.3 is 0 Å². The maximum absolute atomic E-state index is 13.7. The predicted molar refractivity (Wildman–Crippen MR) is 116 cm³/mol. The van der Waals surface area contributed by atoms with Crippen LogP contribution in [-0.4, -0.2) is 38.8 Å². The Morgan fingerprint density at radius 2 is 1.94 bits per heavy atom. The minimum Gasteiger partial charge on any atom is -0.492 e. The molecule has 0 bridgehead atoms. The largest absolute Gasteiger partial charge is 0.492 e. The van der Waals surface area contributed by atoms with Crippen molar-refractivity contribution in [3.05, 3.63) is 45.7 Å². The number of methoxy groups -OCH3 is 2. The monoisotopic (exact) mass is 507 g/mol. The molecule has 32 heavy (non-hydrogen) atoms. The van der Waals surface area contributed by atoms with Gasteiger partial charge in [0.15, 0.2) is 23.3 Å². The summed E-state index contributed by atoms with van der Waals surface area (Å²) in [7, 11) is 2.99. The third kappa shape index (κ3) is 3.72. The Kier molecular flexibility index (Phi) is 6.17. The van der Waals surface area contributed by atoms with Crippen molar-refractivity contribution in [3.8, 4) is 23.0 Å². The maximum Gasteiger partial charge on any atom is 0.289 e. The lowest BCUT2D eigenvalue weighted by Gasteiger charge is -2.21. The van der Waals surface area contributed by atoms with Gasteiger partial charge in [0, 0.05) is 5.56 Å². The highest BCUT2D eigenvalue weighted by Crippen LogP contribution is 2.57. The number of fused-ring (bicyclic) bond motifs is 1.